The summed E-state index contributed by atoms with van der Waals surface area (Å²) >= 11 is 0. The van der Waals surface area contributed by atoms with Crippen LogP contribution in [-0.2, 0) is 0 Å². The first-order chi connectivity index (χ1) is 5.24. The summed E-state index contributed by atoms with van der Waals surface area (Å²) in [4.78, 5) is 0. The van der Waals surface area contributed by atoms with E-state index in [1.165, 1.54) is 12.1 Å². The molecule has 1 aromatic carbocycles. The molecule has 0 amide bonds. The molecule has 0 radical (unpaired) electrons. The van der Waals surface area contributed by atoms with Gasteiger partial charge >= 0.3 is 0 Å². The SMILES string of the molecule is C=C[C@@H](N)c1cccc(F)c1. The third-order valence-corrected chi connectivity index (χ3v) is 1.49. The first kappa shape index (κ1) is 7.95. The molecule has 0 aliphatic rings. The van der Waals surface area contributed by atoms with Crippen LogP contribution in [0.2, 0.25) is 0 Å². The third-order valence-electron chi connectivity index (χ3n) is 1.49. The van der Waals surface area contributed by atoms with Gasteiger partial charge in [0.25, 0.3) is 0 Å². The Bertz CT molecular complexity index is 257. The van der Waals surface area contributed by atoms with Crippen LogP contribution in [0.15, 0.2) is 36.9 Å². The Morgan fingerprint density at radius 3 is 2.82 bits per heavy atom. The first-order valence-electron chi connectivity index (χ1n) is 3.37. The summed E-state index contributed by atoms with van der Waals surface area (Å²) in [6.45, 7) is 3.52. The highest BCUT2D eigenvalue weighted by atomic mass is 19.1. The average molecular weight is 151 g/mol. The molecule has 0 aromatic heterocycles. The zero-order valence-corrected chi connectivity index (χ0v) is 6.13. The summed E-state index contributed by atoms with van der Waals surface area (Å²) in [7, 11) is 0. The van der Waals surface area contributed by atoms with Crippen molar-refractivity contribution in [2.45, 2.75) is 6.04 Å². The van der Waals surface area contributed by atoms with Crippen molar-refractivity contribution in [3.8, 4) is 0 Å². The minimum Gasteiger partial charge on any atom is -0.321 e. The van der Waals surface area contributed by atoms with E-state index in [0.717, 1.165) is 5.56 Å². The fourth-order valence-electron chi connectivity index (χ4n) is 0.850. The highest BCUT2D eigenvalue weighted by molar-refractivity contribution is 5.22. The topological polar surface area (TPSA) is 26.0 Å². The molecule has 0 aliphatic carbocycles. The standard InChI is InChI=1S/C9H10FN/c1-2-9(11)7-4-3-5-8(10)6-7/h2-6,9H,1,11H2/t9-/m1/s1. The number of rotatable bonds is 2. The number of benzene rings is 1. The predicted molar refractivity (Wildman–Crippen MR) is 43.5 cm³/mol. The van der Waals surface area contributed by atoms with Gasteiger partial charge in [-0.2, -0.15) is 0 Å². The van der Waals surface area contributed by atoms with E-state index in [1.807, 2.05) is 0 Å². The van der Waals surface area contributed by atoms with Gasteiger partial charge in [0.05, 0.1) is 0 Å². The van der Waals surface area contributed by atoms with Crippen molar-refractivity contribution in [2.24, 2.45) is 5.73 Å². The summed E-state index contributed by atoms with van der Waals surface area (Å²) in [5.41, 5.74) is 6.33. The average Bonchev–Trinajstić information content (AvgIpc) is 2.03. The summed E-state index contributed by atoms with van der Waals surface area (Å²) in [6.07, 6.45) is 1.58. The van der Waals surface area contributed by atoms with Crippen LogP contribution < -0.4 is 5.73 Å². The molecular weight excluding hydrogens is 141 g/mol. The molecule has 58 valence electrons. The lowest BCUT2D eigenvalue weighted by Gasteiger charge is -2.04. The molecule has 0 saturated carbocycles. The van der Waals surface area contributed by atoms with Crippen LogP contribution in [0.1, 0.15) is 11.6 Å². The van der Waals surface area contributed by atoms with E-state index in [2.05, 4.69) is 6.58 Å². The van der Waals surface area contributed by atoms with Gasteiger partial charge in [-0.05, 0) is 17.7 Å². The second-order valence-electron chi connectivity index (χ2n) is 2.32. The first-order valence-corrected chi connectivity index (χ1v) is 3.37. The third kappa shape index (κ3) is 1.88. The Morgan fingerprint density at radius 2 is 2.27 bits per heavy atom. The Hall–Kier alpha value is -1.15. The largest absolute Gasteiger partial charge is 0.321 e. The van der Waals surface area contributed by atoms with Crippen molar-refractivity contribution in [3.05, 3.63) is 48.3 Å². The van der Waals surface area contributed by atoms with E-state index in [-0.39, 0.29) is 11.9 Å². The molecular formula is C9H10FN. The maximum absolute atomic E-state index is 12.6. The van der Waals surface area contributed by atoms with Crippen molar-refractivity contribution in [1.82, 2.24) is 0 Å². The van der Waals surface area contributed by atoms with Crippen LogP contribution in [0.25, 0.3) is 0 Å². The maximum atomic E-state index is 12.6. The highest BCUT2D eigenvalue weighted by Gasteiger charge is 2.00. The minimum absolute atomic E-state index is 0.264. The molecule has 0 aliphatic heterocycles. The van der Waals surface area contributed by atoms with Gasteiger partial charge in [0.15, 0.2) is 0 Å². The fraction of sp³-hybridized carbons (Fsp3) is 0.111. The van der Waals surface area contributed by atoms with E-state index in [4.69, 9.17) is 5.73 Å². The normalized spacial score (nSPS) is 12.5. The predicted octanol–water partition coefficient (Wildman–Crippen LogP) is 2.01. The van der Waals surface area contributed by atoms with E-state index in [1.54, 1.807) is 18.2 Å². The van der Waals surface area contributed by atoms with E-state index in [0.29, 0.717) is 0 Å². The van der Waals surface area contributed by atoms with Gasteiger partial charge in [-0.1, -0.05) is 18.2 Å². The van der Waals surface area contributed by atoms with Crippen LogP contribution in [0.5, 0.6) is 0 Å². The van der Waals surface area contributed by atoms with Gasteiger partial charge < -0.3 is 5.73 Å². The molecule has 2 N–H and O–H groups in total. The van der Waals surface area contributed by atoms with Crippen LogP contribution in [0.4, 0.5) is 4.39 Å². The molecule has 0 bridgehead atoms. The molecule has 2 heteroatoms. The summed E-state index contributed by atoms with van der Waals surface area (Å²) in [6, 6.07) is 5.93. The van der Waals surface area contributed by atoms with Gasteiger partial charge in [0, 0.05) is 6.04 Å². The summed E-state index contributed by atoms with van der Waals surface area (Å²) in [5.74, 6) is -0.264. The molecule has 0 saturated heterocycles. The fourth-order valence-corrected chi connectivity index (χ4v) is 0.850. The molecule has 0 heterocycles. The van der Waals surface area contributed by atoms with E-state index in [9.17, 15) is 4.39 Å². The molecule has 1 atom stereocenters. The lowest BCUT2D eigenvalue weighted by molar-refractivity contribution is 0.624. The van der Waals surface area contributed by atoms with Crippen molar-refractivity contribution in [3.63, 3.8) is 0 Å². The van der Waals surface area contributed by atoms with Gasteiger partial charge in [0.2, 0.25) is 0 Å². The van der Waals surface area contributed by atoms with Gasteiger partial charge in [-0.3, -0.25) is 0 Å². The van der Waals surface area contributed by atoms with Crippen molar-refractivity contribution >= 4 is 0 Å². The Labute approximate surface area is 65.3 Å². The number of hydrogen-bond acceptors (Lipinski definition) is 1. The van der Waals surface area contributed by atoms with Crippen LogP contribution in [0, 0.1) is 5.82 Å². The van der Waals surface area contributed by atoms with Crippen molar-refractivity contribution in [2.75, 3.05) is 0 Å². The second-order valence-corrected chi connectivity index (χ2v) is 2.32. The lowest BCUT2D eigenvalue weighted by Crippen LogP contribution is -2.06. The Kier molecular flexibility index (Phi) is 2.39. The number of halogens is 1. The lowest BCUT2D eigenvalue weighted by atomic mass is 10.1. The van der Waals surface area contributed by atoms with Gasteiger partial charge in [-0.15, -0.1) is 6.58 Å². The van der Waals surface area contributed by atoms with Crippen LogP contribution in [0.3, 0.4) is 0 Å². The monoisotopic (exact) mass is 151 g/mol. The Balaban J connectivity index is 2.95. The van der Waals surface area contributed by atoms with E-state index >= 15 is 0 Å². The quantitative estimate of drug-likeness (QED) is 0.643. The van der Waals surface area contributed by atoms with Gasteiger partial charge in [0.1, 0.15) is 5.82 Å². The number of nitrogens with two attached hydrogens (primary N) is 1. The maximum Gasteiger partial charge on any atom is 0.123 e. The zero-order valence-electron chi connectivity index (χ0n) is 6.13. The van der Waals surface area contributed by atoms with Crippen molar-refractivity contribution in [1.29, 1.82) is 0 Å². The Morgan fingerprint density at radius 1 is 1.55 bits per heavy atom. The molecule has 1 rings (SSSR count). The highest BCUT2D eigenvalue weighted by Crippen LogP contribution is 2.11. The molecule has 1 aromatic rings. The smallest absolute Gasteiger partial charge is 0.123 e. The van der Waals surface area contributed by atoms with E-state index < -0.39 is 0 Å². The molecule has 0 spiro atoms. The zero-order chi connectivity index (χ0) is 8.27. The number of hydrogen-bond donors (Lipinski definition) is 1. The minimum atomic E-state index is -0.273. The molecule has 1 nitrogen and oxygen atoms in total. The van der Waals surface area contributed by atoms with Gasteiger partial charge in [-0.25, -0.2) is 4.39 Å². The summed E-state index contributed by atoms with van der Waals surface area (Å²) < 4.78 is 12.6. The molecule has 11 heavy (non-hydrogen) atoms. The molecule has 0 fully saturated rings. The van der Waals surface area contributed by atoms with Crippen molar-refractivity contribution < 1.29 is 4.39 Å². The van der Waals surface area contributed by atoms with Crippen LogP contribution >= 0.6 is 0 Å². The van der Waals surface area contributed by atoms with Crippen LogP contribution in [-0.4, -0.2) is 0 Å². The summed E-state index contributed by atoms with van der Waals surface area (Å²) in [5, 5.41) is 0. The second kappa shape index (κ2) is 3.30. The molecule has 0 unspecified atom stereocenters.